The van der Waals surface area contributed by atoms with Gasteiger partial charge in [-0.2, -0.15) is 8.42 Å². The molecule has 0 spiro atoms. The molecule has 0 aromatic carbocycles. The molecule has 0 aromatic rings. The van der Waals surface area contributed by atoms with Gasteiger partial charge < -0.3 is 0 Å². The lowest BCUT2D eigenvalue weighted by Crippen LogP contribution is -1.97. The molecule has 19 heavy (non-hydrogen) atoms. The molecule has 102 valence electrons. The van der Waals surface area contributed by atoms with E-state index in [0.717, 1.165) is 24.0 Å². The largest absolute Gasteiger partial charge is 0.295 e. The second-order valence-electron chi connectivity index (χ2n) is 4.90. The van der Waals surface area contributed by atoms with Crippen molar-refractivity contribution in [1.82, 2.24) is 0 Å². The van der Waals surface area contributed by atoms with Gasteiger partial charge >= 0.3 is 0 Å². The Morgan fingerprint density at radius 2 is 1.95 bits per heavy atom. The smallest absolute Gasteiger partial charge is 0.282 e. The lowest BCUT2D eigenvalue weighted by atomic mass is 9.97. The van der Waals surface area contributed by atoms with Crippen LogP contribution in [0.1, 0.15) is 38.2 Å². The molecule has 1 atom stereocenters. The van der Waals surface area contributed by atoms with Crippen molar-refractivity contribution in [2.75, 3.05) is 0 Å². The fraction of sp³-hybridized carbons (Fsp3) is 0.333. The van der Waals surface area contributed by atoms with Crippen molar-refractivity contribution < 1.29 is 13.0 Å². The third kappa shape index (κ3) is 2.96. The highest BCUT2D eigenvalue weighted by Crippen LogP contribution is 2.33. The van der Waals surface area contributed by atoms with Gasteiger partial charge in [0, 0.05) is 5.56 Å². The third-order valence-corrected chi connectivity index (χ3v) is 4.35. The van der Waals surface area contributed by atoms with Crippen LogP contribution in [0.3, 0.4) is 0 Å². The molecular formula is C15H18O3S. The maximum atomic E-state index is 11.4. The first kappa shape index (κ1) is 14.0. The van der Waals surface area contributed by atoms with E-state index in [1.807, 2.05) is 24.3 Å². The van der Waals surface area contributed by atoms with Gasteiger partial charge in [0.1, 0.15) is 4.90 Å². The summed E-state index contributed by atoms with van der Waals surface area (Å²) in [6.07, 6.45) is 2.13. The molecule has 0 amide bonds. The Morgan fingerprint density at radius 3 is 2.58 bits per heavy atom. The molecule has 0 heterocycles. The SMILES string of the molecule is CCCC(C)c1cccc2ccc(S(=O)(=O)O)c-2c1. The summed E-state index contributed by atoms with van der Waals surface area (Å²) in [6.45, 7) is 4.25. The Kier molecular flexibility index (Phi) is 3.92. The Bertz CT molecular complexity index is 646. The maximum absolute atomic E-state index is 11.4. The van der Waals surface area contributed by atoms with Gasteiger partial charge in [0.25, 0.3) is 10.1 Å². The minimum Gasteiger partial charge on any atom is -0.282 e. The van der Waals surface area contributed by atoms with Crippen molar-refractivity contribution in [2.45, 2.75) is 37.5 Å². The molecule has 0 bridgehead atoms. The molecule has 0 aliphatic heterocycles. The van der Waals surface area contributed by atoms with Crippen LogP contribution in [0.15, 0.2) is 41.3 Å². The van der Waals surface area contributed by atoms with Gasteiger partial charge in [0.05, 0.1) is 0 Å². The number of hydrogen-bond donors (Lipinski definition) is 1. The molecule has 2 rings (SSSR count). The maximum Gasteiger partial charge on any atom is 0.295 e. The van der Waals surface area contributed by atoms with Crippen LogP contribution in [-0.2, 0) is 10.1 Å². The van der Waals surface area contributed by atoms with Crippen LogP contribution in [0, 0.1) is 0 Å². The molecule has 0 saturated carbocycles. The summed E-state index contributed by atoms with van der Waals surface area (Å²) in [5.41, 5.74) is 2.50. The van der Waals surface area contributed by atoms with E-state index in [0.29, 0.717) is 11.5 Å². The van der Waals surface area contributed by atoms with Crippen LogP contribution >= 0.6 is 0 Å². The molecular weight excluding hydrogens is 260 g/mol. The molecule has 2 aliphatic carbocycles. The average molecular weight is 278 g/mol. The average Bonchev–Trinajstić information content (AvgIpc) is 2.60. The topological polar surface area (TPSA) is 54.4 Å². The van der Waals surface area contributed by atoms with E-state index >= 15 is 0 Å². The van der Waals surface area contributed by atoms with Crippen molar-refractivity contribution in [3.8, 4) is 11.1 Å². The highest BCUT2D eigenvalue weighted by molar-refractivity contribution is 7.86. The standard InChI is InChI=1S/C15H18O3S/c1-3-5-11(2)13-7-4-6-12-8-9-15(14(12)10-13)19(16,17)18/h4,6-11H,3,5H2,1-2H3,(H,16,17,18). The summed E-state index contributed by atoms with van der Waals surface area (Å²) in [5, 5.41) is 0. The predicted molar refractivity (Wildman–Crippen MR) is 76.2 cm³/mol. The quantitative estimate of drug-likeness (QED) is 0.862. The summed E-state index contributed by atoms with van der Waals surface area (Å²) in [6, 6.07) is 10.8. The number of fused-ring (bicyclic) bond motifs is 1. The van der Waals surface area contributed by atoms with E-state index in [4.69, 9.17) is 0 Å². The number of rotatable bonds is 4. The van der Waals surface area contributed by atoms with Crippen molar-refractivity contribution in [3.05, 3.63) is 42.0 Å². The molecule has 0 radical (unpaired) electrons. The molecule has 2 aliphatic rings. The zero-order chi connectivity index (χ0) is 14.0. The monoisotopic (exact) mass is 278 g/mol. The van der Waals surface area contributed by atoms with Crippen LogP contribution < -0.4 is 0 Å². The van der Waals surface area contributed by atoms with E-state index < -0.39 is 10.1 Å². The molecule has 0 aromatic heterocycles. The van der Waals surface area contributed by atoms with Crippen LogP contribution in [-0.4, -0.2) is 13.0 Å². The van der Waals surface area contributed by atoms with E-state index in [-0.39, 0.29) is 4.90 Å². The highest BCUT2D eigenvalue weighted by Gasteiger charge is 2.19. The van der Waals surface area contributed by atoms with Crippen LogP contribution in [0.2, 0.25) is 0 Å². The third-order valence-electron chi connectivity index (χ3n) is 3.43. The molecule has 1 unspecified atom stereocenters. The molecule has 1 N–H and O–H groups in total. The van der Waals surface area contributed by atoms with Gasteiger partial charge in [-0.15, -0.1) is 0 Å². The van der Waals surface area contributed by atoms with Crippen LogP contribution in [0.5, 0.6) is 0 Å². The predicted octanol–water partition coefficient (Wildman–Crippen LogP) is 3.94. The fourth-order valence-corrected chi connectivity index (χ4v) is 3.09. The molecule has 3 nitrogen and oxygen atoms in total. The summed E-state index contributed by atoms with van der Waals surface area (Å²) in [7, 11) is -4.17. The lowest BCUT2D eigenvalue weighted by Gasteiger charge is -2.09. The summed E-state index contributed by atoms with van der Waals surface area (Å²) < 4.78 is 32.0. The Morgan fingerprint density at radius 1 is 1.21 bits per heavy atom. The minimum atomic E-state index is -4.17. The van der Waals surface area contributed by atoms with Crippen molar-refractivity contribution in [2.24, 2.45) is 0 Å². The van der Waals surface area contributed by atoms with E-state index in [9.17, 15) is 13.0 Å². The lowest BCUT2D eigenvalue weighted by molar-refractivity contribution is 0.484. The van der Waals surface area contributed by atoms with Gasteiger partial charge in [-0.05, 0) is 35.6 Å². The van der Waals surface area contributed by atoms with Gasteiger partial charge in [0.2, 0.25) is 0 Å². The van der Waals surface area contributed by atoms with Crippen LogP contribution in [0.4, 0.5) is 0 Å². The van der Waals surface area contributed by atoms with Gasteiger partial charge in [0.15, 0.2) is 0 Å². The molecule has 0 fully saturated rings. The zero-order valence-corrected chi connectivity index (χ0v) is 11.9. The normalized spacial score (nSPS) is 13.6. The van der Waals surface area contributed by atoms with Crippen LogP contribution in [0.25, 0.3) is 11.1 Å². The Hall–Kier alpha value is -1.39. The Balaban J connectivity index is 2.59. The zero-order valence-electron chi connectivity index (χ0n) is 11.1. The van der Waals surface area contributed by atoms with Crippen molar-refractivity contribution in [1.29, 1.82) is 0 Å². The summed E-state index contributed by atoms with van der Waals surface area (Å²) >= 11 is 0. The van der Waals surface area contributed by atoms with Gasteiger partial charge in [-0.25, -0.2) is 0 Å². The molecule has 4 heteroatoms. The summed E-state index contributed by atoms with van der Waals surface area (Å²) in [4.78, 5) is -0.0105. The van der Waals surface area contributed by atoms with Gasteiger partial charge in [-0.1, -0.05) is 44.5 Å². The second-order valence-corrected chi connectivity index (χ2v) is 6.29. The first-order valence-corrected chi connectivity index (χ1v) is 7.87. The van der Waals surface area contributed by atoms with Crippen molar-refractivity contribution >= 4 is 10.1 Å². The van der Waals surface area contributed by atoms with E-state index in [1.54, 1.807) is 6.07 Å². The Labute approximate surface area is 114 Å². The second kappa shape index (κ2) is 5.31. The number of hydrogen-bond acceptors (Lipinski definition) is 2. The van der Waals surface area contributed by atoms with Gasteiger partial charge in [-0.3, -0.25) is 4.55 Å². The fourth-order valence-electron chi connectivity index (χ4n) is 2.40. The van der Waals surface area contributed by atoms with Crippen molar-refractivity contribution in [3.63, 3.8) is 0 Å². The summed E-state index contributed by atoms with van der Waals surface area (Å²) in [5.74, 6) is 0.366. The minimum absolute atomic E-state index is 0.0105. The van der Waals surface area contributed by atoms with E-state index in [1.165, 1.54) is 6.07 Å². The first-order chi connectivity index (χ1) is 8.93. The highest BCUT2D eigenvalue weighted by atomic mass is 32.2. The first-order valence-electron chi connectivity index (χ1n) is 6.43. The van der Waals surface area contributed by atoms with E-state index in [2.05, 4.69) is 13.8 Å². The molecule has 0 saturated heterocycles.